The smallest absolute Gasteiger partial charge is 0.0425 e. The van der Waals surface area contributed by atoms with E-state index in [9.17, 15) is 0 Å². The van der Waals surface area contributed by atoms with E-state index in [0.29, 0.717) is 12.0 Å². The number of nitrogens with one attached hydrogen (secondary N) is 1. The summed E-state index contributed by atoms with van der Waals surface area (Å²) in [6, 6.07) is 7.32. The zero-order valence-electron chi connectivity index (χ0n) is 11.5. The monoisotopic (exact) mass is 310 g/mol. The number of nitrogens with zero attached hydrogens (tertiary/aromatic N) is 1. The van der Waals surface area contributed by atoms with E-state index in [4.69, 9.17) is 0 Å². The molecule has 0 spiro atoms. The Morgan fingerprint density at radius 1 is 1.44 bits per heavy atom. The molecule has 1 N–H and O–H groups in total. The minimum Gasteiger partial charge on any atom is -0.368 e. The molecule has 3 heteroatoms. The van der Waals surface area contributed by atoms with Crippen LogP contribution in [-0.2, 0) is 6.54 Å². The quantitative estimate of drug-likeness (QED) is 0.910. The van der Waals surface area contributed by atoms with Gasteiger partial charge in [-0.25, -0.2) is 0 Å². The molecule has 1 aromatic rings. The van der Waals surface area contributed by atoms with Crippen molar-refractivity contribution in [2.45, 2.75) is 39.3 Å². The van der Waals surface area contributed by atoms with Crippen LogP contribution in [0.15, 0.2) is 22.7 Å². The average Bonchev–Trinajstić information content (AvgIpc) is 2.80. The Morgan fingerprint density at radius 3 is 2.89 bits per heavy atom. The van der Waals surface area contributed by atoms with Gasteiger partial charge in [0.25, 0.3) is 0 Å². The third-order valence-electron chi connectivity index (χ3n) is 3.79. The van der Waals surface area contributed by atoms with E-state index in [2.05, 4.69) is 58.2 Å². The lowest BCUT2D eigenvalue weighted by atomic mass is 10.0. The topological polar surface area (TPSA) is 15.3 Å². The molecule has 1 atom stereocenters. The van der Waals surface area contributed by atoms with Crippen molar-refractivity contribution in [3.8, 4) is 0 Å². The Labute approximate surface area is 119 Å². The van der Waals surface area contributed by atoms with Crippen LogP contribution in [0.1, 0.15) is 32.3 Å². The Hall–Kier alpha value is -0.540. The van der Waals surface area contributed by atoms with Gasteiger partial charge in [0.05, 0.1) is 0 Å². The van der Waals surface area contributed by atoms with Crippen molar-refractivity contribution in [1.82, 2.24) is 5.32 Å². The van der Waals surface area contributed by atoms with Gasteiger partial charge in [0.1, 0.15) is 0 Å². The van der Waals surface area contributed by atoms with E-state index in [1.807, 2.05) is 7.05 Å². The van der Waals surface area contributed by atoms with Crippen LogP contribution in [-0.4, -0.2) is 19.6 Å². The van der Waals surface area contributed by atoms with E-state index in [1.54, 1.807) is 0 Å². The molecule has 100 valence electrons. The van der Waals surface area contributed by atoms with Gasteiger partial charge >= 0.3 is 0 Å². The molecule has 2 nitrogen and oxygen atoms in total. The van der Waals surface area contributed by atoms with E-state index in [-0.39, 0.29) is 0 Å². The van der Waals surface area contributed by atoms with E-state index in [0.717, 1.165) is 6.54 Å². The largest absolute Gasteiger partial charge is 0.368 e. The van der Waals surface area contributed by atoms with Crippen molar-refractivity contribution in [3.63, 3.8) is 0 Å². The number of anilines is 1. The van der Waals surface area contributed by atoms with Crippen LogP contribution in [0.3, 0.4) is 0 Å². The van der Waals surface area contributed by atoms with Crippen LogP contribution in [0, 0.1) is 5.92 Å². The highest BCUT2D eigenvalue weighted by Crippen LogP contribution is 2.33. The van der Waals surface area contributed by atoms with Gasteiger partial charge in [-0.3, -0.25) is 0 Å². The summed E-state index contributed by atoms with van der Waals surface area (Å²) >= 11 is 3.60. The molecule has 0 radical (unpaired) electrons. The minimum atomic E-state index is 0.690. The molecular formula is C15H23BrN2. The first kappa shape index (κ1) is 13.9. The summed E-state index contributed by atoms with van der Waals surface area (Å²) in [4.78, 5) is 2.60. The number of benzene rings is 1. The summed E-state index contributed by atoms with van der Waals surface area (Å²) in [5, 5.41) is 3.27. The van der Waals surface area contributed by atoms with Crippen LogP contribution in [0.2, 0.25) is 0 Å². The van der Waals surface area contributed by atoms with Gasteiger partial charge in [0.15, 0.2) is 0 Å². The SMILES string of the molecule is CNCc1ccc(Br)cc1N1CCCC1C(C)C. The van der Waals surface area contributed by atoms with Crippen molar-refractivity contribution in [2.75, 3.05) is 18.5 Å². The zero-order chi connectivity index (χ0) is 13.1. The minimum absolute atomic E-state index is 0.690. The highest BCUT2D eigenvalue weighted by Gasteiger charge is 2.28. The second-order valence-corrected chi connectivity index (χ2v) is 6.37. The fourth-order valence-corrected chi connectivity index (χ4v) is 3.28. The molecule has 1 aromatic carbocycles. The predicted molar refractivity (Wildman–Crippen MR) is 82.1 cm³/mol. The van der Waals surface area contributed by atoms with Gasteiger partial charge in [-0.05, 0) is 43.5 Å². The van der Waals surface area contributed by atoms with Gasteiger partial charge in [-0.1, -0.05) is 35.8 Å². The number of hydrogen-bond donors (Lipinski definition) is 1. The molecule has 0 bridgehead atoms. The third kappa shape index (κ3) is 2.89. The van der Waals surface area contributed by atoms with Gasteiger partial charge < -0.3 is 10.2 Å². The van der Waals surface area contributed by atoms with E-state index < -0.39 is 0 Å². The lowest BCUT2D eigenvalue weighted by molar-refractivity contribution is 0.491. The van der Waals surface area contributed by atoms with Crippen LogP contribution < -0.4 is 10.2 Å². The first-order chi connectivity index (χ1) is 8.63. The first-order valence-electron chi connectivity index (χ1n) is 6.83. The Balaban J connectivity index is 2.33. The molecule has 18 heavy (non-hydrogen) atoms. The van der Waals surface area contributed by atoms with Crippen LogP contribution >= 0.6 is 15.9 Å². The molecule has 2 rings (SSSR count). The first-order valence-corrected chi connectivity index (χ1v) is 7.62. The van der Waals surface area contributed by atoms with Crippen molar-refractivity contribution >= 4 is 21.6 Å². The Bertz CT molecular complexity index is 403. The van der Waals surface area contributed by atoms with Crippen molar-refractivity contribution < 1.29 is 0 Å². The summed E-state index contributed by atoms with van der Waals surface area (Å²) in [7, 11) is 2.01. The van der Waals surface area contributed by atoms with Crippen molar-refractivity contribution in [1.29, 1.82) is 0 Å². The number of hydrogen-bond acceptors (Lipinski definition) is 2. The summed E-state index contributed by atoms with van der Waals surface area (Å²) in [6.45, 7) is 6.79. The second kappa shape index (κ2) is 6.07. The van der Waals surface area contributed by atoms with Crippen LogP contribution in [0.4, 0.5) is 5.69 Å². The molecule has 0 saturated carbocycles. The summed E-state index contributed by atoms with van der Waals surface area (Å²) in [5.41, 5.74) is 2.79. The summed E-state index contributed by atoms with van der Waals surface area (Å²) in [6.07, 6.45) is 2.64. The van der Waals surface area contributed by atoms with Crippen molar-refractivity contribution in [3.05, 3.63) is 28.2 Å². The average molecular weight is 311 g/mol. The van der Waals surface area contributed by atoms with Gasteiger partial charge in [-0.2, -0.15) is 0 Å². The maximum absolute atomic E-state index is 3.60. The van der Waals surface area contributed by atoms with Crippen LogP contribution in [0.5, 0.6) is 0 Å². The van der Waals surface area contributed by atoms with E-state index >= 15 is 0 Å². The molecule has 1 aliphatic rings. The Morgan fingerprint density at radius 2 is 2.22 bits per heavy atom. The molecule has 1 saturated heterocycles. The molecule has 1 heterocycles. The molecule has 1 aliphatic heterocycles. The zero-order valence-corrected chi connectivity index (χ0v) is 13.1. The fraction of sp³-hybridized carbons (Fsp3) is 0.600. The van der Waals surface area contributed by atoms with Crippen molar-refractivity contribution in [2.24, 2.45) is 5.92 Å². The van der Waals surface area contributed by atoms with Gasteiger partial charge in [0, 0.05) is 29.3 Å². The highest BCUT2D eigenvalue weighted by molar-refractivity contribution is 9.10. The molecule has 0 amide bonds. The maximum Gasteiger partial charge on any atom is 0.0425 e. The highest BCUT2D eigenvalue weighted by atomic mass is 79.9. The second-order valence-electron chi connectivity index (χ2n) is 5.45. The number of halogens is 1. The fourth-order valence-electron chi connectivity index (χ4n) is 2.93. The van der Waals surface area contributed by atoms with Gasteiger partial charge in [-0.15, -0.1) is 0 Å². The van der Waals surface area contributed by atoms with E-state index in [1.165, 1.54) is 35.1 Å². The Kier molecular flexibility index (Phi) is 4.68. The molecule has 1 unspecified atom stereocenters. The van der Waals surface area contributed by atoms with Gasteiger partial charge in [0.2, 0.25) is 0 Å². The van der Waals surface area contributed by atoms with Crippen LogP contribution in [0.25, 0.3) is 0 Å². The molecule has 0 aliphatic carbocycles. The lowest BCUT2D eigenvalue weighted by Gasteiger charge is -2.31. The maximum atomic E-state index is 3.60. The predicted octanol–water partition coefficient (Wildman–Crippen LogP) is 3.79. The third-order valence-corrected chi connectivity index (χ3v) is 4.29. The molecule has 0 aromatic heterocycles. The standard InChI is InChI=1S/C15H23BrN2/c1-11(2)14-5-4-8-18(14)15-9-13(16)7-6-12(15)10-17-3/h6-7,9,11,14,17H,4-5,8,10H2,1-3H3. The molecule has 1 fully saturated rings. The normalized spacial score (nSPS) is 19.8. The lowest BCUT2D eigenvalue weighted by Crippen LogP contribution is -2.34. The molecular weight excluding hydrogens is 288 g/mol. The summed E-state index contributed by atoms with van der Waals surface area (Å²) < 4.78 is 1.17. The summed E-state index contributed by atoms with van der Waals surface area (Å²) in [5.74, 6) is 0.717. The number of rotatable bonds is 4.